The minimum Gasteiger partial charge on any atom is -0.462 e. The van der Waals surface area contributed by atoms with Gasteiger partial charge in [0, 0.05) is 61.4 Å². The predicted molar refractivity (Wildman–Crippen MR) is 126 cm³/mol. The van der Waals surface area contributed by atoms with Crippen LogP contribution >= 0.6 is 0 Å². The molecule has 8 nitrogen and oxygen atoms in total. The van der Waals surface area contributed by atoms with Crippen LogP contribution in [0.25, 0.3) is 0 Å². The molecule has 6 atom stereocenters. The van der Waals surface area contributed by atoms with Gasteiger partial charge in [-0.3, -0.25) is 9.69 Å². The maximum Gasteiger partial charge on any atom is 0.334 e. The van der Waals surface area contributed by atoms with Crippen molar-refractivity contribution in [2.45, 2.75) is 108 Å². The van der Waals surface area contributed by atoms with E-state index in [0.717, 1.165) is 32.1 Å². The number of piperidine rings is 2. The molecule has 4 rings (SSSR count). The molecule has 0 aliphatic carbocycles. The molecule has 0 aromatic heterocycles. The lowest BCUT2D eigenvalue weighted by Crippen LogP contribution is -2.46. The fourth-order valence-corrected chi connectivity index (χ4v) is 6.11. The first-order chi connectivity index (χ1) is 16.2. The summed E-state index contributed by atoms with van der Waals surface area (Å²) in [5, 5.41) is 0. The second kappa shape index (κ2) is 10.2. The number of allylic oxidation sites excluding steroid dienone is 1. The predicted octanol–water partition coefficient (Wildman–Crippen LogP) is 2.76. The SMILES string of the molecule is C=C(CC(=O)OC1CC2CC(OC(=O)/C(C)=C/C)C(C1)N2C)C(=O)OC1CC2CCC(C1)N2C. The maximum atomic E-state index is 12.6. The summed E-state index contributed by atoms with van der Waals surface area (Å²) in [5.74, 6) is -1.26. The number of esters is 3. The second-order valence-corrected chi connectivity index (χ2v) is 10.5. The molecule has 0 amide bonds. The van der Waals surface area contributed by atoms with Crippen LogP contribution in [0.1, 0.15) is 65.2 Å². The number of fused-ring (bicyclic) bond motifs is 4. The van der Waals surface area contributed by atoms with Crippen molar-refractivity contribution in [2.75, 3.05) is 14.1 Å². The average molecular weight is 475 g/mol. The lowest BCUT2D eigenvalue weighted by atomic mass is 10.00. The molecule has 4 aliphatic rings. The average Bonchev–Trinajstić information content (AvgIpc) is 3.09. The zero-order valence-corrected chi connectivity index (χ0v) is 20.8. The summed E-state index contributed by atoms with van der Waals surface area (Å²) in [6, 6.07) is 1.14. The van der Waals surface area contributed by atoms with Crippen LogP contribution in [0, 0.1) is 0 Å². The van der Waals surface area contributed by atoms with Gasteiger partial charge in [-0.25, -0.2) is 9.59 Å². The molecule has 188 valence electrons. The molecule has 0 N–H and O–H groups in total. The van der Waals surface area contributed by atoms with Crippen LogP contribution in [-0.4, -0.2) is 84.3 Å². The van der Waals surface area contributed by atoms with Gasteiger partial charge in [0.2, 0.25) is 0 Å². The minimum absolute atomic E-state index is 0.0122. The highest BCUT2D eigenvalue weighted by atomic mass is 16.6. The second-order valence-electron chi connectivity index (χ2n) is 10.5. The Bertz CT molecular complexity index is 855. The normalized spacial score (nSPS) is 35.6. The number of rotatable bonds is 7. The standard InChI is InChI=1S/C26H38N2O6/c1-6-15(2)25(30)34-23-13-19-12-21(14-22(23)28(19)5)32-24(29)9-16(3)26(31)33-20-10-17-7-8-18(11-20)27(17)4/h6,17-23H,3,7-14H2,1-2,4-5H3/b15-6+. The van der Waals surface area contributed by atoms with Gasteiger partial charge in [0.15, 0.2) is 0 Å². The third-order valence-corrected chi connectivity index (χ3v) is 8.36. The molecule has 0 aromatic carbocycles. The van der Waals surface area contributed by atoms with E-state index in [1.807, 2.05) is 14.0 Å². The number of ether oxygens (including phenoxy) is 3. The number of carbonyl (C=O) groups is 3. The van der Waals surface area contributed by atoms with Gasteiger partial charge in [-0.1, -0.05) is 12.7 Å². The van der Waals surface area contributed by atoms with Crippen LogP contribution in [0.2, 0.25) is 0 Å². The van der Waals surface area contributed by atoms with Gasteiger partial charge < -0.3 is 19.1 Å². The van der Waals surface area contributed by atoms with E-state index in [-0.39, 0.29) is 48.4 Å². The van der Waals surface area contributed by atoms with E-state index < -0.39 is 11.9 Å². The van der Waals surface area contributed by atoms with Gasteiger partial charge >= 0.3 is 17.9 Å². The number of hydrogen-bond acceptors (Lipinski definition) is 8. The zero-order valence-electron chi connectivity index (χ0n) is 20.8. The molecule has 0 aromatic rings. The van der Waals surface area contributed by atoms with E-state index in [2.05, 4.69) is 23.4 Å². The number of carbonyl (C=O) groups excluding carboxylic acids is 3. The first kappa shape index (κ1) is 24.9. The number of nitrogens with zero attached hydrogens (tertiary/aromatic N) is 2. The first-order valence-electron chi connectivity index (χ1n) is 12.5. The fraction of sp³-hybridized carbons (Fsp3) is 0.731. The summed E-state index contributed by atoms with van der Waals surface area (Å²) in [6.45, 7) is 7.34. The highest BCUT2D eigenvalue weighted by molar-refractivity contribution is 5.93. The molecule has 34 heavy (non-hydrogen) atoms. The summed E-state index contributed by atoms with van der Waals surface area (Å²) in [7, 11) is 4.16. The molecular weight excluding hydrogens is 436 g/mol. The summed E-state index contributed by atoms with van der Waals surface area (Å²) in [5.41, 5.74) is 0.728. The Labute approximate surface area is 202 Å². The Morgan fingerprint density at radius 3 is 2.12 bits per heavy atom. The number of likely N-dealkylation sites (N-methyl/N-ethyl adjacent to an activating group) is 1. The van der Waals surface area contributed by atoms with Crippen molar-refractivity contribution in [3.8, 4) is 0 Å². The lowest BCUT2D eigenvalue weighted by Gasteiger charge is -2.36. The quantitative estimate of drug-likeness (QED) is 0.316. The number of hydrogen-bond donors (Lipinski definition) is 0. The molecule has 4 heterocycles. The Morgan fingerprint density at radius 2 is 1.47 bits per heavy atom. The van der Waals surface area contributed by atoms with E-state index in [0.29, 0.717) is 30.5 Å². The van der Waals surface area contributed by atoms with Crippen LogP contribution in [0.15, 0.2) is 23.8 Å². The van der Waals surface area contributed by atoms with E-state index >= 15 is 0 Å². The Balaban J connectivity index is 1.24. The third-order valence-electron chi connectivity index (χ3n) is 8.36. The van der Waals surface area contributed by atoms with E-state index in [9.17, 15) is 14.4 Å². The van der Waals surface area contributed by atoms with Gasteiger partial charge in [-0.15, -0.1) is 0 Å². The molecule has 0 saturated carbocycles. The van der Waals surface area contributed by atoms with E-state index in [4.69, 9.17) is 14.2 Å². The summed E-state index contributed by atoms with van der Waals surface area (Å²) < 4.78 is 17.1. The summed E-state index contributed by atoms with van der Waals surface area (Å²) >= 11 is 0. The lowest BCUT2D eigenvalue weighted by molar-refractivity contribution is -0.156. The monoisotopic (exact) mass is 474 g/mol. The maximum absolute atomic E-state index is 12.6. The van der Waals surface area contributed by atoms with Crippen molar-refractivity contribution >= 4 is 17.9 Å². The van der Waals surface area contributed by atoms with Gasteiger partial charge in [-0.05, 0) is 40.8 Å². The van der Waals surface area contributed by atoms with Gasteiger partial charge in [-0.2, -0.15) is 0 Å². The Hall–Kier alpha value is -2.19. The summed E-state index contributed by atoms with van der Waals surface area (Å²) in [6.07, 6.45) is 6.99. The van der Waals surface area contributed by atoms with Crippen molar-refractivity contribution in [2.24, 2.45) is 0 Å². The summed E-state index contributed by atoms with van der Waals surface area (Å²) in [4.78, 5) is 41.9. The van der Waals surface area contributed by atoms with Crippen LogP contribution < -0.4 is 0 Å². The van der Waals surface area contributed by atoms with Gasteiger partial charge in [0.05, 0.1) is 12.5 Å². The van der Waals surface area contributed by atoms with Crippen molar-refractivity contribution in [1.29, 1.82) is 0 Å². The van der Waals surface area contributed by atoms with Crippen molar-refractivity contribution in [1.82, 2.24) is 9.80 Å². The highest BCUT2D eigenvalue weighted by Crippen LogP contribution is 2.38. The van der Waals surface area contributed by atoms with Crippen molar-refractivity contribution < 1.29 is 28.6 Å². The van der Waals surface area contributed by atoms with Crippen LogP contribution in [0.4, 0.5) is 0 Å². The molecule has 8 heteroatoms. The molecule has 0 spiro atoms. The van der Waals surface area contributed by atoms with Gasteiger partial charge in [0.25, 0.3) is 0 Å². The van der Waals surface area contributed by atoms with E-state index in [1.54, 1.807) is 13.0 Å². The molecule has 4 bridgehead atoms. The van der Waals surface area contributed by atoms with Crippen molar-refractivity contribution in [3.63, 3.8) is 0 Å². The molecular formula is C26H38N2O6. The minimum atomic E-state index is -0.499. The van der Waals surface area contributed by atoms with Crippen LogP contribution in [0.3, 0.4) is 0 Å². The Kier molecular flexibility index (Phi) is 7.48. The molecule has 4 fully saturated rings. The van der Waals surface area contributed by atoms with Crippen molar-refractivity contribution in [3.05, 3.63) is 23.8 Å². The topological polar surface area (TPSA) is 85.4 Å². The van der Waals surface area contributed by atoms with Gasteiger partial charge in [0.1, 0.15) is 18.3 Å². The molecule has 4 saturated heterocycles. The largest absolute Gasteiger partial charge is 0.462 e. The zero-order chi connectivity index (χ0) is 24.6. The molecule has 0 radical (unpaired) electrons. The van der Waals surface area contributed by atoms with Crippen LogP contribution in [-0.2, 0) is 28.6 Å². The smallest absolute Gasteiger partial charge is 0.334 e. The molecule has 4 aliphatic heterocycles. The molecule has 6 unspecified atom stereocenters. The Morgan fingerprint density at radius 1 is 0.853 bits per heavy atom. The third kappa shape index (κ3) is 5.23. The van der Waals surface area contributed by atoms with E-state index in [1.165, 1.54) is 0 Å². The van der Waals surface area contributed by atoms with Crippen LogP contribution in [0.5, 0.6) is 0 Å². The first-order valence-corrected chi connectivity index (χ1v) is 12.5. The fourth-order valence-electron chi connectivity index (χ4n) is 6.11. The highest BCUT2D eigenvalue weighted by Gasteiger charge is 2.48.